The van der Waals surface area contributed by atoms with Crippen LogP contribution in [-0.4, -0.2) is 47.2 Å². The number of hydrogen-bond donors (Lipinski definition) is 1. The number of likely N-dealkylation sites (tertiary alicyclic amines) is 1. The number of carboxylic acid groups (broad SMARTS) is 1. The first-order chi connectivity index (χ1) is 12.0. The van der Waals surface area contributed by atoms with Gasteiger partial charge in [-0.05, 0) is 50.3 Å². The summed E-state index contributed by atoms with van der Waals surface area (Å²) in [4.78, 5) is 26.6. The van der Waals surface area contributed by atoms with Gasteiger partial charge in [0, 0.05) is 30.6 Å². The Hall–Kier alpha value is -1.59. The van der Waals surface area contributed by atoms with Crippen molar-refractivity contribution in [3.63, 3.8) is 0 Å². The minimum atomic E-state index is -0.868. The van der Waals surface area contributed by atoms with E-state index >= 15 is 0 Å². The monoisotopic (exact) mass is 365 g/mol. The van der Waals surface area contributed by atoms with Crippen molar-refractivity contribution >= 4 is 23.5 Å². The predicted octanol–water partition coefficient (Wildman–Crippen LogP) is 3.32. The molecule has 1 heterocycles. The van der Waals surface area contributed by atoms with Crippen LogP contribution in [0.15, 0.2) is 24.3 Å². The Balaban J connectivity index is 1.83. The number of nitrogens with zero attached hydrogens (tertiary/aromatic N) is 1. The van der Waals surface area contributed by atoms with Crippen LogP contribution >= 0.6 is 11.6 Å². The molecule has 5 nitrogen and oxygen atoms in total. The topological polar surface area (TPSA) is 66.8 Å². The number of carboxylic acids is 1. The molecular formula is C19H24ClNO4. The zero-order valence-electron chi connectivity index (χ0n) is 14.4. The molecule has 1 aromatic rings. The van der Waals surface area contributed by atoms with E-state index in [1.165, 1.54) is 0 Å². The zero-order chi connectivity index (χ0) is 18.0. The number of amides is 1. The molecule has 0 bridgehead atoms. The minimum absolute atomic E-state index is 0.0467. The van der Waals surface area contributed by atoms with Gasteiger partial charge in [-0.2, -0.15) is 0 Å². The van der Waals surface area contributed by atoms with Crippen LogP contribution in [0.3, 0.4) is 0 Å². The van der Waals surface area contributed by atoms with Crippen LogP contribution in [0.2, 0.25) is 5.02 Å². The van der Waals surface area contributed by atoms with Gasteiger partial charge in [0.1, 0.15) is 5.60 Å². The summed E-state index contributed by atoms with van der Waals surface area (Å²) in [6.45, 7) is 3.03. The van der Waals surface area contributed by atoms with Gasteiger partial charge < -0.3 is 14.7 Å². The fourth-order valence-corrected chi connectivity index (χ4v) is 4.32. The van der Waals surface area contributed by atoms with E-state index in [9.17, 15) is 14.7 Å². The number of halogens is 1. The van der Waals surface area contributed by atoms with E-state index < -0.39 is 17.5 Å². The van der Waals surface area contributed by atoms with Crippen molar-refractivity contribution in [2.75, 3.05) is 19.7 Å². The molecule has 2 fully saturated rings. The van der Waals surface area contributed by atoms with E-state index in [1.807, 2.05) is 19.1 Å². The lowest BCUT2D eigenvalue weighted by Gasteiger charge is -2.32. The first-order valence-corrected chi connectivity index (χ1v) is 9.26. The zero-order valence-corrected chi connectivity index (χ0v) is 15.2. The number of aliphatic carboxylic acids is 1. The fourth-order valence-electron chi connectivity index (χ4n) is 4.20. The van der Waals surface area contributed by atoms with Gasteiger partial charge in [0.25, 0.3) is 5.91 Å². The van der Waals surface area contributed by atoms with Gasteiger partial charge in [-0.3, -0.25) is 9.59 Å². The standard InChI is InChI=1S/C19H24ClNO4/c1-2-25-19(9-3-4-10-19)18(24)21-11-15(16(12-21)17(22)23)13-5-7-14(20)8-6-13/h5-8,15-16H,2-4,9-12H2,1H3,(H,22,23)/t15-,16+/m0/s1. The molecule has 1 aliphatic heterocycles. The molecule has 6 heteroatoms. The first kappa shape index (κ1) is 18.2. The molecule has 1 amide bonds. The van der Waals surface area contributed by atoms with Crippen LogP contribution in [0, 0.1) is 5.92 Å². The summed E-state index contributed by atoms with van der Waals surface area (Å²) < 4.78 is 5.86. The van der Waals surface area contributed by atoms with Crippen LogP contribution in [0.25, 0.3) is 0 Å². The largest absolute Gasteiger partial charge is 0.481 e. The summed E-state index contributed by atoms with van der Waals surface area (Å²) in [7, 11) is 0. The Morgan fingerprint density at radius 2 is 1.88 bits per heavy atom. The van der Waals surface area contributed by atoms with Gasteiger partial charge in [-0.15, -0.1) is 0 Å². The van der Waals surface area contributed by atoms with Gasteiger partial charge in [0.2, 0.25) is 0 Å². The molecule has 0 unspecified atom stereocenters. The van der Waals surface area contributed by atoms with Crippen molar-refractivity contribution in [1.29, 1.82) is 0 Å². The maximum atomic E-state index is 13.1. The van der Waals surface area contributed by atoms with Crippen molar-refractivity contribution in [2.24, 2.45) is 5.92 Å². The number of rotatable bonds is 5. The second kappa shape index (κ2) is 7.34. The van der Waals surface area contributed by atoms with Crippen LogP contribution in [-0.2, 0) is 14.3 Å². The van der Waals surface area contributed by atoms with Crippen molar-refractivity contribution in [1.82, 2.24) is 4.90 Å². The highest BCUT2D eigenvalue weighted by molar-refractivity contribution is 6.30. The number of carbonyl (C=O) groups is 2. The highest BCUT2D eigenvalue weighted by Gasteiger charge is 2.49. The molecule has 3 rings (SSSR count). The van der Waals surface area contributed by atoms with Gasteiger partial charge in [0.15, 0.2) is 0 Å². The van der Waals surface area contributed by atoms with Crippen LogP contribution in [0.4, 0.5) is 0 Å². The van der Waals surface area contributed by atoms with Crippen molar-refractivity contribution < 1.29 is 19.4 Å². The smallest absolute Gasteiger partial charge is 0.308 e. The molecule has 1 N–H and O–H groups in total. The van der Waals surface area contributed by atoms with E-state index in [0.717, 1.165) is 31.2 Å². The van der Waals surface area contributed by atoms with Gasteiger partial charge in [0.05, 0.1) is 5.92 Å². The predicted molar refractivity (Wildman–Crippen MR) is 94.7 cm³/mol. The Labute approximate surface area is 152 Å². The molecule has 1 saturated heterocycles. The highest BCUT2D eigenvalue weighted by Crippen LogP contribution is 2.39. The van der Waals surface area contributed by atoms with Crippen LogP contribution < -0.4 is 0 Å². The molecule has 0 spiro atoms. The Morgan fingerprint density at radius 1 is 1.24 bits per heavy atom. The van der Waals surface area contributed by atoms with E-state index in [0.29, 0.717) is 18.2 Å². The number of ether oxygens (including phenoxy) is 1. The molecule has 25 heavy (non-hydrogen) atoms. The van der Waals surface area contributed by atoms with Gasteiger partial charge in [-0.25, -0.2) is 0 Å². The lowest BCUT2D eigenvalue weighted by Crippen LogP contribution is -2.48. The van der Waals surface area contributed by atoms with Gasteiger partial charge >= 0.3 is 5.97 Å². The van der Waals surface area contributed by atoms with E-state index in [2.05, 4.69) is 0 Å². The molecule has 0 radical (unpaired) electrons. The molecular weight excluding hydrogens is 342 g/mol. The molecule has 2 atom stereocenters. The number of benzene rings is 1. The molecule has 1 aliphatic carbocycles. The third-order valence-corrected chi connectivity index (χ3v) is 5.70. The first-order valence-electron chi connectivity index (χ1n) is 8.88. The summed E-state index contributed by atoms with van der Waals surface area (Å²) >= 11 is 5.94. The van der Waals surface area contributed by atoms with Crippen molar-refractivity contribution in [3.05, 3.63) is 34.9 Å². The molecule has 0 aromatic heterocycles. The van der Waals surface area contributed by atoms with Crippen LogP contribution in [0.1, 0.15) is 44.1 Å². The maximum absolute atomic E-state index is 13.1. The average Bonchev–Trinajstić information content (AvgIpc) is 3.23. The Kier molecular flexibility index (Phi) is 5.35. The summed E-state index contributed by atoms with van der Waals surface area (Å²) in [5, 5.41) is 10.3. The average molecular weight is 366 g/mol. The lowest BCUT2D eigenvalue weighted by atomic mass is 9.89. The number of carbonyl (C=O) groups excluding carboxylic acids is 1. The second-order valence-electron chi connectivity index (χ2n) is 6.95. The normalized spacial score (nSPS) is 25.3. The molecule has 1 saturated carbocycles. The summed E-state index contributed by atoms with van der Waals surface area (Å²) in [6, 6.07) is 7.23. The van der Waals surface area contributed by atoms with Crippen molar-refractivity contribution in [3.8, 4) is 0 Å². The Bertz CT molecular complexity index is 639. The fraction of sp³-hybridized carbons (Fsp3) is 0.579. The lowest BCUT2D eigenvalue weighted by molar-refractivity contribution is -0.156. The number of hydrogen-bond acceptors (Lipinski definition) is 3. The Morgan fingerprint density at radius 3 is 2.44 bits per heavy atom. The third-order valence-electron chi connectivity index (χ3n) is 5.44. The van der Waals surface area contributed by atoms with Crippen molar-refractivity contribution in [2.45, 2.75) is 44.1 Å². The minimum Gasteiger partial charge on any atom is -0.481 e. The SMILES string of the molecule is CCOC1(C(=O)N2C[C@@H](C(=O)O)[C@H](c3ccc(Cl)cc3)C2)CCCC1. The third kappa shape index (κ3) is 3.53. The summed E-state index contributed by atoms with van der Waals surface area (Å²) in [5.74, 6) is -1.74. The quantitative estimate of drug-likeness (QED) is 0.869. The van der Waals surface area contributed by atoms with E-state index in [1.54, 1.807) is 17.0 Å². The van der Waals surface area contributed by atoms with Crippen LogP contribution in [0.5, 0.6) is 0 Å². The molecule has 2 aliphatic rings. The molecule has 1 aromatic carbocycles. The summed E-state index contributed by atoms with van der Waals surface area (Å²) in [6.07, 6.45) is 3.39. The van der Waals surface area contributed by atoms with E-state index in [-0.39, 0.29) is 18.4 Å². The summed E-state index contributed by atoms with van der Waals surface area (Å²) in [5.41, 5.74) is 0.149. The second-order valence-corrected chi connectivity index (χ2v) is 7.38. The van der Waals surface area contributed by atoms with Gasteiger partial charge in [-0.1, -0.05) is 23.7 Å². The maximum Gasteiger partial charge on any atom is 0.308 e. The molecule has 136 valence electrons. The highest BCUT2D eigenvalue weighted by atomic mass is 35.5. The van der Waals surface area contributed by atoms with E-state index in [4.69, 9.17) is 16.3 Å².